The SMILES string of the molecule is CCOC(=O)C1CCCN(Cc2ccccc2F)C1.O=C(O)C(=O)O. The van der Waals surface area contributed by atoms with Gasteiger partial charge in [-0.15, -0.1) is 0 Å². The summed E-state index contributed by atoms with van der Waals surface area (Å²) in [5, 5.41) is 14.8. The van der Waals surface area contributed by atoms with Crippen molar-refractivity contribution in [1.82, 2.24) is 4.90 Å². The molecule has 0 saturated carbocycles. The van der Waals surface area contributed by atoms with Crippen LogP contribution < -0.4 is 0 Å². The molecule has 0 aliphatic carbocycles. The van der Waals surface area contributed by atoms with Crippen LogP contribution in [0.25, 0.3) is 0 Å². The summed E-state index contributed by atoms with van der Waals surface area (Å²) in [7, 11) is 0. The Kier molecular flexibility index (Phi) is 8.55. The largest absolute Gasteiger partial charge is 0.473 e. The van der Waals surface area contributed by atoms with Gasteiger partial charge >= 0.3 is 17.9 Å². The van der Waals surface area contributed by atoms with E-state index in [0.717, 1.165) is 19.4 Å². The summed E-state index contributed by atoms with van der Waals surface area (Å²) in [4.78, 5) is 32.1. The van der Waals surface area contributed by atoms with Gasteiger partial charge in [0.2, 0.25) is 0 Å². The zero-order valence-corrected chi connectivity index (χ0v) is 14.0. The first-order valence-electron chi connectivity index (χ1n) is 7.93. The van der Waals surface area contributed by atoms with Gasteiger partial charge in [0.1, 0.15) is 5.82 Å². The Labute approximate surface area is 145 Å². The van der Waals surface area contributed by atoms with Crippen molar-refractivity contribution in [2.24, 2.45) is 5.92 Å². The Morgan fingerprint density at radius 1 is 1.24 bits per heavy atom. The van der Waals surface area contributed by atoms with E-state index in [9.17, 15) is 9.18 Å². The van der Waals surface area contributed by atoms with Gasteiger partial charge in [-0.2, -0.15) is 0 Å². The number of hydrogen-bond acceptors (Lipinski definition) is 5. The molecule has 0 spiro atoms. The average molecular weight is 355 g/mol. The summed E-state index contributed by atoms with van der Waals surface area (Å²) in [5.74, 6) is -4.02. The summed E-state index contributed by atoms with van der Waals surface area (Å²) >= 11 is 0. The number of halogens is 1. The molecule has 25 heavy (non-hydrogen) atoms. The number of esters is 1. The molecule has 2 rings (SSSR count). The van der Waals surface area contributed by atoms with E-state index in [4.69, 9.17) is 24.5 Å². The number of carboxylic acid groups (broad SMARTS) is 2. The van der Waals surface area contributed by atoms with Crippen LogP contribution >= 0.6 is 0 Å². The maximum absolute atomic E-state index is 13.6. The molecule has 7 nitrogen and oxygen atoms in total. The first-order chi connectivity index (χ1) is 11.8. The Balaban J connectivity index is 0.000000450. The number of rotatable bonds is 4. The molecule has 1 aliphatic rings. The molecule has 1 heterocycles. The van der Waals surface area contributed by atoms with Crippen LogP contribution in [0.4, 0.5) is 4.39 Å². The van der Waals surface area contributed by atoms with Gasteiger partial charge in [0.15, 0.2) is 0 Å². The third-order valence-electron chi connectivity index (χ3n) is 3.66. The van der Waals surface area contributed by atoms with Gasteiger partial charge in [-0.05, 0) is 32.4 Å². The van der Waals surface area contributed by atoms with Crippen LogP contribution in [0.2, 0.25) is 0 Å². The number of benzene rings is 1. The second-order valence-electron chi connectivity index (χ2n) is 5.53. The highest BCUT2D eigenvalue weighted by Gasteiger charge is 2.27. The van der Waals surface area contributed by atoms with Crippen LogP contribution in [-0.2, 0) is 25.7 Å². The van der Waals surface area contributed by atoms with Crippen molar-refractivity contribution in [3.05, 3.63) is 35.6 Å². The average Bonchev–Trinajstić information content (AvgIpc) is 2.58. The monoisotopic (exact) mass is 355 g/mol. The van der Waals surface area contributed by atoms with Crippen molar-refractivity contribution >= 4 is 17.9 Å². The minimum absolute atomic E-state index is 0.0690. The molecule has 1 unspecified atom stereocenters. The molecule has 8 heteroatoms. The van der Waals surface area contributed by atoms with E-state index in [0.29, 0.717) is 25.3 Å². The highest BCUT2D eigenvalue weighted by Crippen LogP contribution is 2.20. The molecular weight excluding hydrogens is 333 g/mol. The predicted octanol–water partition coefficient (Wildman–Crippen LogP) is 1.76. The van der Waals surface area contributed by atoms with Crippen LogP contribution in [0.1, 0.15) is 25.3 Å². The molecule has 1 atom stereocenters. The van der Waals surface area contributed by atoms with Crippen LogP contribution in [-0.4, -0.2) is 52.7 Å². The molecule has 1 fully saturated rings. The molecule has 0 amide bonds. The van der Waals surface area contributed by atoms with Crippen LogP contribution in [0.3, 0.4) is 0 Å². The van der Waals surface area contributed by atoms with Crippen molar-refractivity contribution in [3.63, 3.8) is 0 Å². The highest BCUT2D eigenvalue weighted by atomic mass is 19.1. The summed E-state index contributed by atoms with van der Waals surface area (Å²) in [6, 6.07) is 6.80. The van der Waals surface area contributed by atoms with Crippen molar-refractivity contribution in [2.45, 2.75) is 26.3 Å². The smallest absolute Gasteiger partial charge is 0.414 e. The number of aliphatic carboxylic acids is 2. The van der Waals surface area contributed by atoms with Gasteiger partial charge in [0, 0.05) is 18.7 Å². The number of carboxylic acids is 2. The standard InChI is InChI=1S/C15H20FNO2.C2H2O4/c1-2-19-15(18)13-7-5-9-17(11-13)10-12-6-3-4-8-14(12)16;3-1(4)2(5)6/h3-4,6,8,13H,2,5,7,9-11H2,1H3;(H,3,4)(H,5,6). The van der Waals surface area contributed by atoms with Crippen LogP contribution in [0.15, 0.2) is 24.3 Å². The second-order valence-corrected chi connectivity index (χ2v) is 5.53. The molecular formula is C17H22FNO6. The molecule has 0 aromatic heterocycles. The van der Waals surface area contributed by atoms with Gasteiger partial charge in [-0.25, -0.2) is 14.0 Å². The maximum Gasteiger partial charge on any atom is 0.414 e. The number of carbonyl (C=O) groups excluding carboxylic acids is 1. The number of piperidine rings is 1. The number of likely N-dealkylation sites (tertiary alicyclic amines) is 1. The number of hydrogen-bond donors (Lipinski definition) is 2. The Morgan fingerprint density at radius 3 is 2.44 bits per heavy atom. The quantitative estimate of drug-likeness (QED) is 0.626. The van der Waals surface area contributed by atoms with Crippen molar-refractivity contribution in [2.75, 3.05) is 19.7 Å². The molecule has 138 valence electrons. The first kappa shape index (κ1) is 20.6. The molecule has 1 aliphatic heterocycles. The van der Waals surface area contributed by atoms with Crippen molar-refractivity contribution in [3.8, 4) is 0 Å². The molecule has 1 aromatic carbocycles. The van der Waals surface area contributed by atoms with Crippen molar-refractivity contribution < 1.29 is 33.7 Å². The van der Waals surface area contributed by atoms with E-state index in [1.54, 1.807) is 12.1 Å². The molecule has 1 saturated heterocycles. The van der Waals surface area contributed by atoms with Crippen LogP contribution in [0.5, 0.6) is 0 Å². The Morgan fingerprint density at radius 2 is 1.88 bits per heavy atom. The lowest BCUT2D eigenvalue weighted by Gasteiger charge is -2.31. The molecule has 0 radical (unpaired) electrons. The molecule has 0 bridgehead atoms. The summed E-state index contributed by atoms with van der Waals surface area (Å²) in [6.45, 7) is 4.36. The minimum atomic E-state index is -1.82. The zero-order valence-electron chi connectivity index (χ0n) is 14.0. The van der Waals surface area contributed by atoms with Gasteiger partial charge in [-0.3, -0.25) is 9.69 Å². The summed E-state index contributed by atoms with van der Waals surface area (Å²) in [6.07, 6.45) is 1.82. The Hall–Kier alpha value is -2.48. The molecule has 1 aromatic rings. The third-order valence-corrected chi connectivity index (χ3v) is 3.66. The minimum Gasteiger partial charge on any atom is -0.473 e. The lowest BCUT2D eigenvalue weighted by atomic mass is 9.97. The predicted molar refractivity (Wildman–Crippen MR) is 86.3 cm³/mol. The summed E-state index contributed by atoms with van der Waals surface area (Å²) in [5.41, 5.74) is 0.687. The Bertz CT molecular complexity index is 595. The van der Waals surface area contributed by atoms with E-state index in [1.165, 1.54) is 6.07 Å². The fourth-order valence-electron chi connectivity index (χ4n) is 2.52. The van der Waals surface area contributed by atoms with Crippen molar-refractivity contribution in [1.29, 1.82) is 0 Å². The third kappa shape index (κ3) is 7.30. The van der Waals surface area contributed by atoms with E-state index in [1.807, 2.05) is 13.0 Å². The number of carbonyl (C=O) groups is 3. The fraction of sp³-hybridized carbons (Fsp3) is 0.471. The van der Waals surface area contributed by atoms with Gasteiger partial charge in [0.25, 0.3) is 0 Å². The van der Waals surface area contributed by atoms with Gasteiger partial charge in [0.05, 0.1) is 12.5 Å². The number of nitrogens with zero attached hydrogens (tertiary/aromatic N) is 1. The summed E-state index contributed by atoms with van der Waals surface area (Å²) < 4.78 is 18.7. The zero-order chi connectivity index (χ0) is 18.8. The lowest BCUT2D eigenvalue weighted by molar-refractivity contribution is -0.159. The maximum atomic E-state index is 13.6. The topological polar surface area (TPSA) is 104 Å². The van der Waals surface area contributed by atoms with E-state index >= 15 is 0 Å². The number of ether oxygens (including phenoxy) is 1. The normalized spacial score (nSPS) is 17.1. The second kappa shape index (κ2) is 10.4. The molecule has 2 N–H and O–H groups in total. The first-order valence-corrected chi connectivity index (χ1v) is 7.93. The van der Waals surface area contributed by atoms with E-state index < -0.39 is 11.9 Å². The van der Waals surface area contributed by atoms with Gasteiger partial charge < -0.3 is 14.9 Å². The van der Waals surface area contributed by atoms with E-state index in [2.05, 4.69) is 4.90 Å². The lowest BCUT2D eigenvalue weighted by Crippen LogP contribution is -2.39. The highest BCUT2D eigenvalue weighted by molar-refractivity contribution is 6.27. The van der Waals surface area contributed by atoms with E-state index in [-0.39, 0.29) is 17.7 Å². The van der Waals surface area contributed by atoms with Crippen LogP contribution in [0, 0.1) is 11.7 Å². The van der Waals surface area contributed by atoms with Gasteiger partial charge in [-0.1, -0.05) is 18.2 Å². The fourth-order valence-corrected chi connectivity index (χ4v) is 2.52.